The Balaban J connectivity index is 1.67. The van der Waals surface area contributed by atoms with Gasteiger partial charge in [-0.1, -0.05) is 23.2 Å². The predicted molar refractivity (Wildman–Crippen MR) is 94.0 cm³/mol. The largest absolute Gasteiger partial charge is 0.495 e. The zero-order chi connectivity index (χ0) is 17.8. The zero-order valence-electron chi connectivity index (χ0n) is 14.3. The molecule has 1 heterocycles. The minimum Gasteiger partial charge on any atom is -0.495 e. The van der Waals surface area contributed by atoms with Gasteiger partial charge in [0.1, 0.15) is 5.75 Å². The molecule has 1 aromatic carbocycles. The standard InChI is InChI=1S/C17H21ClN4O3/c1-3-22(10-15-20-16(25-21-15)11-5-4-6-11)17(23)19-13-9-12(18)7-8-14(13)24-2/h7-9,11H,3-6,10H2,1-2H3,(H,19,23). The molecule has 134 valence electrons. The summed E-state index contributed by atoms with van der Waals surface area (Å²) in [7, 11) is 1.54. The van der Waals surface area contributed by atoms with Gasteiger partial charge >= 0.3 is 6.03 Å². The van der Waals surface area contributed by atoms with Crippen LogP contribution in [0.4, 0.5) is 10.5 Å². The molecule has 0 saturated heterocycles. The summed E-state index contributed by atoms with van der Waals surface area (Å²) in [6.07, 6.45) is 3.38. The minimum absolute atomic E-state index is 0.279. The molecule has 2 aromatic rings. The number of nitrogens with one attached hydrogen (secondary N) is 1. The van der Waals surface area contributed by atoms with Gasteiger partial charge in [0, 0.05) is 17.5 Å². The number of anilines is 1. The molecule has 1 fully saturated rings. The number of hydrogen-bond donors (Lipinski definition) is 1. The number of hydrogen-bond acceptors (Lipinski definition) is 5. The van der Waals surface area contributed by atoms with Crippen LogP contribution in [0.25, 0.3) is 0 Å². The maximum Gasteiger partial charge on any atom is 0.322 e. The number of methoxy groups -OCH3 is 1. The van der Waals surface area contributed by atoms with Crippen molar-refractivity contribution in [1.29, 1.82) is 0 Å². The Morgan fingerprint density at radius 1 is 1.48 bits per heavy atom. The number of aromatic nitrogens is 2. The number of carbonyl (C=O) groups is 1. The topological polar surface area (TPSA) is 80.5 Å². The van der Waals surface area contributed by atoms with Gasteiger partial charge in [-0.15, -0.1) is 0 Å². The first kappa shape index (κ1) is 17.5. The normalized spacial score (nSPS) is 14.0. The third-order valence-corrected chi connectivity index (χ3v) is 4.58. The van der Waals surface area contributed by atoms with Crippen molar-refractivity contribution in [2.45, 2.75) is 38.6 Å². The molecule has 1 aliphatic carbocycles. The molecule has 1 N–H and O–H groups in total. The number of benzene rings is 1. The third-order valence-electron chi connectivity index (χ3n) is 4.34. The summed E-state index contributed by atoms with van der Waals surface area (Å²) in [6, 6.07) is 4.78. The van der Waals surface area contributed by atoms with Crippen LogP contribution in [-0.2, 0) is 6.54 Å². The van der Waals surface area contributed by atoms with Crippen molar-refractivity contribution in [1.82, 2.24) is 15.0 Å². The summed E-state index contributed by atoms with van der Waals surface area (Å²) in [5.41, 5.74) is 0.515. The van der Waals surface area contributed by atoms with Gasteiger partial charge in [0.05, 0.1) is 19.3 Å². The van der Waals surface area contributed by atoms with Crippen molar-refractivity contribution in [3.63, 3.8) is 0 Å². The van der Waals surface area contributed by atoms with Crippen LogP contribution in [0.3, 0.4) is 0 Å². The molecule has 1 aliphatic rings. The molecule has 8 heteroatoms. The van der Waals surface area contributed by atoms with Crippen molar-refractivity contribution in [3.05, 3.63) is 34.9 Å². The summed E-state index contributed by atoms with van der Waals surface area (Å²) >= 11 is 6.00. The first-order valence-electron chi connectivity index (χ1n) is 8.32. The van der Waals surface area contributed by atoms with Gasteiger partial charge in [-0.2, -0.15) is 4.98 Å². The number of urea groups is 1. The van der Waals surface area contributed by atoms with E-state index in [1.165, 1.54) is 13.5 Å². The molecule has 0 aliphatic heterocycles. The highest BCUT2D eigenvalue weighted by atomic mass is 35.5. The molecule has 0 radical (unpaired) electrons. The fourth-order valence-electron chi connectivity index (χ4n) is 2.62. The Hall–Kier alpha value is -2.28. The average Bonchev–Trinajstić information content (AvgIpc) is 2.99. The van der Waals surface area contributed by atoms with Crippen molar-refractivity contribution >= 4 is 23.3 Å². The molecule has 0 atom stereocenters. The Labute approximate surface area is 151 Å². The number of rotatable bonds is 6. The molecular weight excluding hydrogens is 344 g/mol. The molecule has 7 nitrogen and oxygen atoms in total. The molecule has 0 bridgehead atoms. The van der Waals surface area contributed by atoms with Gasteiger partial charge in [0.15, 0.2) is 5.82 Å². The van der Waals surface area contributed by atoms with Gasteiger partial charge in [0.25, 0.3) is 0 Å². The molecule has 3 rings (SSSR count). The lowest BCUT2D eigenvalue weighted by atomic mass is 9.85. The monoisotopic (exact) mass is 364 g/mol. The van der Waals surface area contributed by atoms with Crippen molar-refractivity contribution in [2.24, 2.45) is 0 Å². The summed E-state index contributed by atoms with van der Waals surface area (Å²) < 4.78 is 10.6. The van der Waals surface area contributed by atoms with E-state index in [4.69, 9.17) is 20.9 Å². The second-order valence-corrected chi connectivity index (χ2v) is 6.40. The second kappa shape index (κ2) is 7.74. The fourth-order valence-corrected chi connectivity index (χ4v) is 2.79. The lowest BCUT2D eigenvalue weighted by Gasteiger charge is -2.21. The average molecular weight is 365 g/mol. The highest BCUT2D eigenvalue weighted by molar-refractivity contribution is 6.31. The van der Waals surface area contributed by atoms with Crippen molar-refractivity contribution < 1.29 is 14.1 Å². The van der Waals surface area contributed by atoms with Gasteiger partial charge in [0.2, 0.25) is 5.89 Å². The number of amides is 2. The van der Waals surface area contributed by atoms with Crippen LogP contribution >= 0.6 is 11.6 Å². The van der Waals surface area contributed by atoms with Gasteiger partial charge in [-0.05, 0) is 38.0 Å². The number of carbonyl (C=O) groups excluding carboxylic acids is 1. The minimum atomic E-state index is -0.280. The van der Waals surface area contributed by atoms with E-state index in [0.717, 1.165) is 12.8 Å². The zero-order valence-corrected chi connectivity index (χ0v) is 15.0. The molecule has 0 spiro atoms. The summed E-state index contributed by atoms with van der Waals surface area (Å²) in [5, 5.41) is 7.32. The molecule has 2 amide bonds. The van der Waals surface area contributed by atoms with Crippen LogP contribution in [0.1, 0.15) is 43.8 Å². The van der Waals surface area contributed by atoms with E-state index in [1.807, 2.05) is 6.92 Å². The maximum atomic E-state index is 12.6. The molecule has 25 heavy (non-hydrogen) atoms. The lowest BCUT2D eigenvalue weighted by molar-refractivity contribution is 0.209. The van der Waals surface area contributed by atoms with Gasteiger partial charge in [-0.3, -0.25) is 0 Å². The molecular formula is C17H21ClN4O3. The lowest BCUT2D eigenvalue weighted by Crippen LogP contribution is -2.34. The van der Waals surface area contributed by atoms with E-state index >= 15 is 0 Å². The highest BCUT2D eigenvalue weighted by Gasteiger charge is 2.26. The smallest absolute Gasteiger partial charge is 0.322 e. The van der Waals surface area contributed by atoms with Crippen molar-refractivity contribution in [2.75, 3.05) is 19.0 Å². The van der Waals surface area contributed by atoms with Crippen LogP contribution in [0.5, 0.6) is 5.75 Å². The van der Waals surface area contributed by atoms with Crippen LogP contribution in [-0.4, -0.2) is 34.7 Å². The van der Waals surface area contributed by atoms with Crippen LogP contribution in [0, 0.1) is 0 Å². The number of nitrogens with zero attached hydrogens (tertiary/aromatic N) is 3. The SMILES string of the molecule is CCN(Cc1noc(C2CCC2)n1)C(=O)Nc1cc(Cl)ccc1OC. The quantitative estimate of drug-likeness (QED) is 0.836. The summed E-state index contributed by atoms with van der Waals surface area (Å²) in [5.74, 6) is 2.10. The van der Waals surface area contributed by atoms with Crippen LogP contribution < -0.4 is 10.1 Å². The van der Waals surface area contributed by atoms with E-state index in [2.05, 4.69) is 15.5 Å². The van der Waals surface area contributed by atoms with E-state index in [-0.39, 0.29) is 12.6 Å². The molecule has 0 unspecified atom stereocenters. The van der Waals surface area contributed by atoms with Gasteiger partial charge < -0.3 is 19.5 Å². The third kappa shape index (κ3) is 4.04. The van der Waals surface area contributed by atoms with E-state index in [1.54, 1.807) is 23.1 Å². The Kier molecular flexibility index (Phi) is 5.43. The fraction of sp³-hybridized carbons (Fsp3) is 0.471. The Morgan fingerprint density at radius 2 is 2.28 bits per heavy atom. The summed E-state index contributed by atoms with van der Waals surface area (Å²) in [4.78, 5) is 18.6. The number of halogens is 1. The Bertz CT molecular complexity index is 745. The molecule has 1 aromatic heterocycles. The highest BCUT2D eigenvalue weighted by Crippen LogP contribution is 2.35. The van der Waals surface area contributed by atoms with E-state index < -0.39 is 0 Å². The van der Waals surface area contributed by atoms with Crippen LogP contribution in [0.2, 0.25) is 5.02 Å². The molecule has 1 saturated carbocycles. The first-order valence-corrected chi connectivity index (χ1v) is 8.70. The summed E-state index contributed by atoms with van der Waals surface area (Å²) in [6.45, 7) is 2.67. The van der Waals surface area contributed by atoms with Crippen molar-refractivity contribution in [3.8, 4) is 5.75 Å². The Morgan fingerprint density at radius 3 is 2.92 bits per heavy atom. The van der Waals surface area contributed by atoms with Crippen LogP contribution in [0.15, 0.2) is 22.7 Å². The first-order chi connectivity index (χ1) is 12.1. The van der Waals surface area contributed by atoms with Gasteiger partial charge in [-0.25, -0.2) is 4.79 Å². The number of ether oxygens (including phenoxy) is 1. The second-order valence-electron chi connectivity index (χ2n) is 5.97. The van der Waals surface area contributed by atoms with E-state index in [9.17, 15) is 4.79 Å². The predicted octanol–water partition coefficient (Wildman–Crippen LogP) is 4.05. The van der Waals surface area contributed by atoms with E-state index in [0.29, 0.717) is 40.6 Å². The maximum absolute atomic E-state index is 12.6.